The smallest absolute Gasteiger partial charge is 0.269 e. The van der Waals surface area contributed by atoms with E-state index in [2.05, 4.69) is 25.7 Å². The highest BCUT2D eigenvalue weighted by atomic mass is 35.5. The molecule has 3 rings (SSSR count). The Balaban J connectivity index is 1.85. The molecule has 0 unspecified atom stereocenters. The molecule has 0 aliphatic rings. The number of alkyl halides is 2. The summed E-state index contributed by atoms with van der Waals surface area (Å²) in [6.07, 6.45) is 0. The summed E-state index contributed by atoms with van der Waals surface area (Å²) in [5, 5.41) is 34.4. The lowest BCUT2D eigenvalue weighted by Gasteiger charge is -2.22. The van der Waals surface area contributed by atoms with E-state index in [0.29, 0.717) is 41.8 Å². The van der Waals surface area contributed by atoms with Gasteiger partial charge in [-0.2, -0.15) is 5.10 Å². The number of halogens is 2. The molecule has 0 spiro atoms. The highest BCUT2D eigenvalue weighted by Gasteiger charge is 2.10. The molecule has 0 saturated carbocycles. The molecule has 0 aliphatic heterocycles. The Bertz CT molecular complexity index is 1230. The Morgan fingerprint density at radius 1 is 0.806 bits per heavy atom. The lowest BCUT2D eigenvalue weighted by atomic mass is 10.2. The van der Waals surface area contributed by atoms with Crippen molar-refractivity contribution in [3.63, 3.8) is 0 Å². The van der Waals surface area contributed by atoms with Crippen molar-refractivity contribution in [2.24, 2.45) is 15.3 Å². The third-order valence-electron chi connectivity index (χ3n) is 4.89. The van der Waals surface area contributed by atoms with Crippen LogP contribution in [0.15, 0.2) is 88.1 Å². The fraction of sp³-hybridized carbons (Fsp3) is 0.174. The third kappa shape index (κ3) is 7.45. The van der Waals surface area contributed by atoms with E-state index in [-0.39, 0.29) is 17.2 Å². The van der Waals surface area contributed by atoms with Crippen LogP contribution in [0.3, 0.4) is 0 Å². The molecular formula is C23H21Cl2N7O4. The van der Waals surface area contributed by atoms with Gasteiger partial charge in [-0.1, -0.05) is 0 Å². The molecule has 0 atom stereocenters. The number of hydrazone groups is 1. The van der Waals surface area contributed by atoms with Crippen molar-refractivity contribution in [2.75, 3.05) is 35.2 Å². The molecule has 0 saturated heterocycles. The average Bonchev–Trinajstić information content (AvgIpc) is 2.89. The molecule has 0 radical (unpaired) electrons. The summed E-state index contributed by atoms with van der Waals surface area (Å²) in [7, 11) is 0. The van der Waals surface area contributed by atoms with Crippen molar-refractivity contribution in [3.8, 4) is 0 Å². The zero-order valence-electron chi connectivity index (χ0n) is 18.8. The number of nitro benzene ring substituents is 2. The second-order valence-corrected chi connectivity index (χ2v) is 7.99. The van der Waals surface area contributed by atoms with Crippen LogP contribution in [0.1, 0.15) is 5.56 Å². The van der Waals surface area contributed by atoms with Gasteiger partial charge in [0.1, 0.15) is 0 Å². The molecule has 13 heteroatoms. The van der Waals surface area contributed by atoms with Crippen molar-refractivity contribution in [2.45, 2.75) is 0 Å². The SMILES string of the molecule is O=[N+]([O-])c1ccc(N=NC(=NNc2ccc(N(CCCl)CCCl)cc2)c2ccc([N+](=O)[O-])cc2)cc1. The first-order valence-corrected chi connectivity index (χ1v) is 11.7. The van der Waals surface area contributed by atoms with E-state index in [0.717, 1.165) is 5.69 Å². The van der Waals surface area contributed by atoms with Gasteiger partial charge in [0.05, 0.1) is 21.2 Å². The maximum Gasteiger partial charge on any atom is 0.269 e. The minimum atomic E-state index is -0.509. The third-order valence-corrected chi connectivity index (χ3v) is 5.23. The highest BCUT2D eigenvalue weighted by molar-refractivity contribution is 6.18. The van der Waals surface area contributed by atoms with Crippen LogP contribution < -0.4 is 10.3 Å². The van der Waals surface area contributed by atoms with Gasteiger partial charge in [0.2, 0.25) is 5.84 Å². The number of non-ortho nitro benzene ring substituents is 2. The van der Waals surface area contributed by atoms with Crippen LogP contribution in [0.25, 0.3) is 0 Å². The van der Waals surface area contributed by atoms with Gasteiger partial charge in [-0.25, -0.2) is 0 Å². The lowest BCUT2D eigenvalue weighted by molar-refractivity contribution is -0.385. The Morgan fingerprint density at radius 2 is 1.33 bits per heavy atom. The summed E-state index contributed by atoms with van der Waals surface area (Å²) in [5.41, 5.74) is 5.24. The molecule has 0 aromatic heterocycles. The maximum absolute atomic E-state index is 11.0. The largest absolute Gasteiger partial charge is 0.369 e. The van der Waals surface area contributed by atoms with Gasteiger partial charge in [-0.15, -0.1) is 33.4 Å². The number of nitrogens with zero attached hydrogens (tertiary/aromatic N) is 6. The minimum Gasteiger partial charge on any atom is -0.369 e. The maximum atomic E-state index is 11.0. The number of nitro groups is 2. The summed E-state index contributed by atoms with van der Waals surface area (Å²) >= 11 is 11.8. The van der Waals surface area contributed by atoms with Crippen molar-refractivity contribution >= 4 is 57.5 Å². The summed E-state index contributed by atoms with van der Waals surface area (Å²) in [6.45, 7) is 1.32. The van der Waals surface area contributed by atoms with E-state index < -0.39 is 9.85 Å². The molecule has 3 aromatic carbocycles. The zero-order valence-corrected chi connectivity index (χ0v) is 20.3. The predicted molar refractivity (Wildman–Crippen MR) is 141 cm³/mol. The number of azo groups is 1. The topological polar surface area (TPSA) is 139 Å². The van der Waals surface area contributed by atoms with Crippen molar-refractivity contribution in [1.82, 2.24) is 0 Å². The van der Waals surface area contributed by atoms with Crippen molar-refractivity contribution in [3.05, 3.63) is 98.6 Å². The van der Waals surface area contributed by atoms with Gasteiger partial charge in [0, 0.05) is 60.4 Å². The quantitative estimate of drug-likeness (QED) is 0.0766. The molecular weight excluding hydrogens is 509 g/mol. The summed E-state index contributed by atoms with van der Waals surface area (Å²) < 4.78 is 0. The second kappa shape index (κ2) is 13.1. The van der Waals surface area contributed by atoms with Gasteiger partial charge in [-0.05, 0) is 48.5 Å². The fourth-order valence-corrected chi connectivity index (χ4v) is 3.47. The van der Waals surface area contributed by atoms with E-state index in [1.54, 1.807) is 0 Å². The van der Waals surface area contributed by atoms with Gasteiger partial charge in [0.25, 0.3) is 11.4 Å². The number of nitrogens with one attached hydrogen (secondary N) is 1. The number of hydrogen-bond acceptors (Lipinski definition) is 8. The van der Waals surface area contributed by atoms with Crippen LogP contribution in [-0.4, -0.2) is 40.5 Å². The average molecular weight is 530 g/mol. The van der Waals surface area contributed by atoms with Gasteiger partial charge < -0.3 is 4.90 Å². The van der Waals surface area contributed by atoms with Crippen molar-refractivity contribution < 1.29 is 9.85 Å². The van der Waals surface area contributed by atoms with Crippen LogP contribution in [0.2, 0.25) is 0 Å². The Kier molecular flexibility index (Phi) is 9.66. The minimum absolute atomic E-state index is 0.0704. The van der Waals surface area contributed by atoms with E-state index in [9.17, 15) is 20.2 Å². The Hall–Kier alpha value is -4.09. The zero-order chi connectivity index (χ0) is 25.9. The molecule has 11 nitrogen and oxygen atoms in total. The van der Waals surface area contributed by atoms with E-state index in [1.807, 2.05) is 24.3 Å². The number of amidine groups is 1. The lowest BCUT2D eigenvalue weighted by Crippen LogP contribution is -2.27. The van der Waals surface area contributed by atoms with E-state index in [4.69, 9.17) is 23.2 Å². The van der Waals surface area contributed by atoms with Crippen LogP contribution in [0, 0.1) is 20.2 Å². The van der Waals surface area contributed by atoms with E-state index in [1.165, 1.54) is 48.5 Å². The molecule has 0 fully saturated rings. The van der Waals surface area contributed by atoms with Gasteiger partial charge >= 0.3 is 0 Å². The molecule has 0 aliphatic carbocycles. The van der Waals surface area contributed by atoms with Gasteiger partial charge in [-0.3, -0.25) is 25.7 Å². The summed E-state index contributed by atoms with van der Waals surface area (Å²) in [6, 6.07) is 18.7. The van der Waals surface area contributed by atoms with Gasteiger partial charge in [0.15, 0.2) is 0 Å². The summed E-state index contributed by atoms with van der Waals surface area (Å²) in [4.78, 5) is 22.9. The number of hydrogen-bond donors (Lipinski definition) is 1. The first kappa shape index (κ1) is 26.5. The molecule has 36 heavy (non-hydrogen) atoms. The normalized spacial score (nSPS) is 11.4. The monoisotopic (exact) mass is 529 g/mol. The van der Waals surface area contributed by atoms with Crippen molar-refractivity contribution in [1.29, 1.82) is 0 Å². The first-order chi connectivity index (χ1) is 17.4. The predicted octanol–water partition coefficient (Wildman–Crippen LogP) is 6.34. The summed E-state index contributed by atoms with van der Waals surface area (Å²) in [5.74, 6) is 1.09. The molecule has 3 aromatic rings. The van der Waals surface area contributed by atoms with Crippen LogP contribution in [0.5, 0.6) is 0 Å². The number of rotatable bonds is 11. The van der Waals surface area contributed by atoms with Crippen LogP contribution in [-0.2, 0) is 0 Å². The molecule has 0 amide bonds. The number of anilines is 2. The standard InChI is InChI=1S/C23H21Cl2N7O4/c24-13-15-30(16-14-25)20-9-3-18(4-10-20)26-28-23(17-1-7-21(8-2-17)31(33)34)29-27-19-5-11-22(12-6-19)32(35)36/h1-12,26H,13-16H2. The Labute approximate surface area is 216 Å². The highest BCUT2D eigenvalue weighted by Crippen LogP contribution is 2.21. The van der Waals surface area contributed by atoms with Crippen LogP contribution in [0.4, 0.5) is 28.4 Å². The number of benzene rings is 3. The molecule has 1 N–H and O–H groups in total. The first-order valence-electron chi connectivity index (χ1n) is 10.6. The molecule has 0 bridgehead atoms. The fourth-order valence-electron chi connectivity index (χ4n) is 3.06. The molecule has 186 valence electrons. The molecule has 0 heterocycles. The second-order valence-electron chi connectivity index (χ2n) is 7.24. The Morgan fingerprint density at radius 3 is 1.83 bits per heavy atom. The van der Waals surface area contributed by atoms with Crippen LogP contribution >= 0.6 is 23.2 Å². The van der Waals surface area contributed by atoms with E-state index >= 15 is 0 Å².